The van der Waals surface area contributed by atoms with Crippen molar-refractivity contribution in [1.82, 2.24) is 0 Å². The van der Waals surface area contributed by atoms with E-state index >= 15 is 0 Å². The molecule has 0 rings (SSSR count). The maximum absolute atomic E-state index is 6.75. The zero-order chi connectivity index (χ0) is 25.5. The van der Waals surface area contributed by atoms with Gasteiger partial charge in [0.2, 0.25) is 0 Å². The topological polar surface area (TPSA) is 9.23 Å². The van der Waals surface area contributed by atoms with Crippen LogP contribution in [0.1, 0.15) is 183 Å². The molecule has 0 amide bonds. The van der Waals surface area contributed by atoms with E-state index in [9.17, 15) is 0 Å². The summed E-state index contributed by atoms with van der Waals surface area (Å²) in [7, 11) is 0. The zero-order valence-electron chi connectivity index (χ0n) is 24.6. The highest BCUT2D eigenvalue weighted by Crippen LogP contribution is 2.43. The molecular weight excluding hydrogens is 432 g/mol. The first-order valence-corrected chi connectivity index (χ1v) is 16.2. The lowest BCUT2D eigenvalue weighted by atomic mass is 9.91. The summed E-state index contributed by atoms with van der Waals surface area (Å²) >= 11 is 1.97. The van der Waals surface area contributed by atoms with Crippen LogP contribution in [0.2, 0.25) is 0 Å². The number of ether oxygens (including phenoxy) is 1. The fourth-order valence-corrected chi connectivity index (χ4v) is 6.37. The Morgan fingerprint density at radius 2 is 0.853 bits per heavy atom. The summed E-state index contributed by atoms with van der Waals surface area (Å²) in [5.74, 6) is 0. The standard InChI is InChI=1S/C32H64OS/c1-8-12-16-20-21-25-29-32(7,28-24-19-15-11-4)34-30(5)33-31(6,26-22-17-13-9-2)27-23-18-14-10-3/h5,8-29H2,1-4,6-7H3. The molecular formula is C32H64OS. The molecule has 34 heavy (non-hydrogen) atoms. The van der Waals surface area contributed by atoms with Gasteiger partial charge in [-0.1, -0.05) is 142 Å². The highest BCUT2D eigenvalue weighted by atomic mass is 32.2. The Morgan fingerprint density at radius 1 is 0.529 bits per heavy atom. The van der Waals surface area contributed by atoms with E-state index in [2.05, 4.69) is 48.1 Å². The van der Waals surface area contributed by atoms with Crippen LogP contribution in [-0.4, -0.2) is 10.3 Å². The number of hydrogen-bond acceptors (Lipinski definition) is 2. The Labute approximate surface area is 221 Å². The van der Waals surface area contributed by atoms with Gasteiger partial charge in [-0.3, -0.25) is 0 Å². The SMILES string of the molecule is C=C(OC(C)(CCCCCC)CCCCCC)SC(C)(CCCCCC)CCCCCCCC. The normalized spacial score (nSPS) is 13.7. The van der Waals surface area contributed by atoms with E-state index in [1.165, 1.54) is 141 Å². The number of rotatable bonds is 26. The molecule has 0 radical (unpaired) electrons. The zero-order valence-corrected chi connectivity index (χ0v) is 25.4. The van der Waals surface area contributed by atoms with Crippen LogP contribution < -0.4 is 0 Å². The molecule has 0 saturated carbocycles. The third kappa shape index (κ3) is 19.1. The minimum Gasteiger partial charge on any atom is -0.482 e. The number of hydrogen-bond donors (Lipinski definition) is 0. The third-order valence-corrected chi connectivity index (χ3v) is 8.67. The predicted octanol–water partition coefficient (Wildman–Crippen LogP) is 12.4. The van der Waals surface area contributed by atoms with Crippen LogP contribution in [0, 0.1) is 0 Å². The van der Waals surface area contributed by atoms with Crippen molar-refractivity contribution in [2.45, 2.75) is 193 Å². The Hall–Kier alpha value is -0.110. The average molecular weight is 497 g/mol. The van der Waals surface area contributed by atoms with Gasteiger partial charge in [0, 0.05) is 4.75 Å². The van der Waals surface area contributed by atoms with Gasteiger partial charge in [0.15, 0.2) is 0 Å². The second kappa shape index (κ2) is 22.1. The lowest BCUT2D eigenvalue weighted by Crippen LogP contribution is -2.29. The molecule has 1 nitrogen and oxygen atoms in total. The molecule has 1 atom stereocenters. The molecule has 0 saturated heterocycles. The van der Waals surface area contributed by atoms with E-state index in [-0.39, 0.29) is 10.3 Å². The number of thioether (sulfide) groups is 1. The van der Waals surface area contributed by atoms with Gasteiger partial charge < -0.3 is 4.74 Å². The summed E-state index contributed by atoms with van der Waals surface area (Å²) in [4.78, 5) is 0. The first-order chi connectivity index (χ1) is 16.3. The smallest absolute Gasteiger partial charge is 0.147 e. The molecule has 0 aromatic heterocycles. The van der Waals surface area contributed by atoms with Gasteiger partial charge in [-0.15, -0.1) is 0 Å². The van der Waals surface area contributed by atoms with Crippen LogP contribution in [0.3, 0.4) is 0 Å². The van der Waals surface area contributed by atoms with E-state index in [1.54, 1.807) is 0 Å². The lowest BCUT2D eigenvalue weighted by Gasteiger charge is -2.36. The molecule has 2 heteroatoms. The van der Waals surface area contributed by atoms with Gasteiger partial charge in [0.1, 0.15) is 10.7 Å². The monoisotopic (exact) mass is 496 g/mol. The van der Waals surface area contributed by atoms with Gasteiger partial charge in [-0.05, 0) is 59.0 Å². The highest BCUT2D eigenvalue weighted by molar-refractivity contribution is 8.04. The molecule has 204 valence electrons. The molecule has 0 aliphatic carbocycles. The van der Waals surface area contributed by atoms with Gasteiger partial charge in [-0.25, -0.2) is 0 Å². The predicted molar refractivity (Wildman–Crippen MR) is 159 cm³/mol. The van der Waals surface area contributed by atoms with E-state index in [0.717, 1.165) is 5.09 Å². The molecule has 0 aliphatic heterocycles. The Morgan fingerprint density at radius 3 is 1.26 bits per heavy atom. The first-order valence-electron chi connectivity index (χ1n) is 15.4. The van der Waals surface area contributed by atoms with Crippen LogP contribution in [0.5, 0.6) is 0 Å². The molecule has 0 aromatic rings. The Bertz CT molecular complexity index is 448. The summed E-state index contributed by atoms with van der Waals surface area (Å²) in [6, 6.07) is 0. The summed E-state index contributed by atoms with van der Waals surface area (Å²) in [6.07, 6.45) is 29.1. The molecule has 0 aromatic carbocycles. The molecule has 0 fully saturated rings. The van der Waals surface area contributed by atoms with Gasteiger partial charge in [-0.2, -0.15) is 0 Å². The molecule has 0 aliphatic rings. The quantitative estimate of drug-likeness (QED) is 0.0869. The van der Waals surface area contributed by atoms with Crippen molar-refractivity contribution in [3.8, 4) is 0 Å². The lowest BCUT2D eigenvalue weighted by molar-refractivity contribution is 0.0129. The van der Waals surface area contributed by atoms with Crippen LogP contribution in [0.4, 0.5) is 0 Å². The molecule has 0 heterocycles. The second-order valence-corrected chi connectivity index (χ2v) is 13.1. The van der Waals surface area contributed by atoms with E-state index in [4.69, 9.17) is 4.74 Å². The summed E-state index contributed by atoms with van der Waals surface area (Å²) in [5.41, 5.74) is -0.0468. The van der Waals surface area contributed by atoms with Crippen molar-refractivity contribution < 1.29 is 4.74 Å². The molecule has 0 N–H and O–H groups in total. The molecule has 0 bridgehead atoms. The van der Waals surface area contributed by atoms with Crippen molar-refractivity contribution >= 4 is 11.8 Å². The maximum Gasteiger partial charge on any atom is 0.147 e. The number of unbranched alkanes of at least 4 members (excludes halogenated alkanes) is 14. The van der Waals surface area contributed by atoms with Crippen molar-refractivity contribution in [1.29, 1.82) is 0 Å². The maximum atomic E-state index is 6.75. The Kier molecular flexibility index (Phi) is 22.0. The summed E-state index contributed by atoms with van der Waals surface area (Å²) in [6.45, 7) is 18.5. The van der Waals surface area contributed by atoms with E-state index in [0.29, 0.717) is 0 Å². The van der Waals surface area contributed by atoms with E-state index < -0.39 is 0 Å². The van der Waals surface area contributed by atoms with Crippen molar-refractivity contribution in [3.05, 3.63) is 11.7 Å². The summed E-state index contributed by atoms with van der Waals surface area (Å²) < 4.78 is 7.01. The van der Waals surface area contributed by atoms with Crippen molar-refractivity contribution in [3.63, 3.8) is 0 Å². The molecule has 1 unspecified atom stereocenters. The van der Waals surface area contributed by atoms with Gasteiger partial charge in [0.25, 0.3) is 0 Å². The minimum absolute atomic E-state index is 0.0468. The third-order valence-electron chi connectivity index (χ3n) is 7.46. The van der Waals surface area contributed by atoms with Crippen LogP contribution >= 0.6 is 11.8 Å². The second-order valence-electron chi connectivity index (χ2n) is 11.4. The van der Waals surface area contributed by atoms with Crippen molar-refractivity contribution in [2.75, 3.05) is 0 Å². The highest BCUT2D eigenvalue weighted by Gasteiger charge is 2.31. The fraction of sp³-hybridized carbons (Fsp3) is 0.938. The minimum atomic E-state index is -0.0468. The largest absolute Gasteiger partial charge is 0.482 e. The molecule has 0 spiro atoms. The first kappa shape index (κ1) is 33.9. The van der Waals surface area contributed by atoms with Crippen LogP contribution in [0.25, 0.3) is 0 Å². The fourth-order valence-electron chi connectivity index (χ4n) is 5.08. The van der Waals surface area contributed by atoms with Gasteiger partial charge in [0.05, 0.1) is 0 Å². The van der Waals surface area contributed by atoms with Crippen molar-refractivity contribution in [2.24, 2.45) is 0 Å². The Balaban J connectivity index is 4.94. The van der Waals surface area contributed by atoms with E-state index in [1.807, 2.05) is 11.8 Å². The van der Waals surface area contributed by atoms with Crippen LogP contribution in [0.15, 0.2) is 11.7 Å². The summed E-state index contributed by atoms with van der Waals surface area (Å²) in [5, 5.41) is 0.984. The van der Waals surface area contributed by atoms with Crippen LogP contribution in [-0.2, 0) is 4.74 Å². The van der Waals surface area contributed by atoms with Gasteiger partial charge >= 0.3 is 0 Å². The average Bonchev–Trinajstić information content (AvgIpc) is 2.80.